The van der Waals surface area contributed by atoms with Crippen LogP contribution in [0.2, 0.25) is 0 Å². The van der Waals surface area contributed by atoms with Gasteiger partial charge in [-0.05, 0) is 31.0 Å². The maximum atomic E-state index is 12.6. The van der Waals surface area contributed by atoms with Crippen molar-refractivity contribution in [3.8, 4) is 0 Å². The quantitative estimate of drug-likeness (QED) is 0.608. The molecule has 1 heterocycles. The van der Waals surface area contributed by atoms with Crippen molar-refractivity contribution in [2.45, 2.75) is 19.4 Å². The van der Waals surface area contributed by atoms with Gasteiger partial charge in [0.05, 0.1) is 18.8 Å². The van der Waals surface area contributed by atoms with E-state index in [1.54, 1.807) is 18.7 Å². The van der Waals surface area contributed by atoms with Crippen molar-refractivity contribution < 1.29 is 15.0 Å². The van der Waals surface area contributed by atoms with E-state index < -0.39 is 5.54 Å². The Labute approximate surface area is 124 Å². The molecular weight excluding hydrogens is 270 g/mol. The first-order valence-electron chi connectivity index (χ1n) is 6.98. The zero-order valence-electron chi connectivity index (χ0n) is 12.4. The van der Waals surface area contributed by atoms with Crippen molar-refractivity contribution in [3.63, 3.8) is 0 Å². The van der Waals surface area contributed by atoms with Crippen LogP contribution in [0.1, 0.15) is 19.4 Å². The second kappa shape index (κ2) is 6.24. The summed E-state index contributed by atoms with van der Waals surface area (Å²) in [5.74, 6) is 0.927. The van der Waals surface area contributed by atoms with Crippen LogP contribution in [0.15, 0.2) is 35.3 Å². The van der Waals surface area contributed by atoms with Crippen LogP contribution in [0, 0.1) is 5.21 Å². The Morgan fingerprint density at radius 2 is 1.71 bits per heavy atom. The molecule has 6 nitrogen and oxygen atoms in total. The molecule has 0 radical (unpaired) electrons. The maximum Gasteiger partial charge on any atom is 0.331 e. The van der Waals surface area contributed by atoms with E-state index in [1.807, 2.05) is 30.3 Å². The lowest BCUT2D eigenvalue weighted by molar-refractivity contribution is -0.514. The van der Waals surface area contributed by atoms with E-state index in [0.717, 1.165) is 10.3 Å². The van der Waals surface area contributed by atoms with Gasteiger partial charge in [-0.3, -0.25) is 0 Å². The van der Waals surface area contributed by atoms with Gasteiger partial charge < -0.3 is 20.3 Å². The summed E-state index contributed by atoms with van der Waals surface area (Å²) in [5, 5.41) is 30.9. The van der Waals surface area contributed by atoms with Gasteiger partial charge in [-0.2, -0.15) is 0 Å². The van der Waals surface area contributed by atoms with Gasteiger partial charge in [0.2, 0.25) is 0 Å². The Hall–Kier alpha value is -1.92. The number of aliphatic imine (C=N–C) groups is 1. The van der Waals surface area contributed by atoms with E-state index in [9.17, 15) is 5.21 Å². The highest BCUT2D eigenvalue weighted by Crippen LogP contribution is 2.23. The molecule has 0 saturated carbocycles. The first-order valence-corrected chi connectivity index (χ1v) is 6.98. The number of nitrogens with zero attached hydrogens (tertiary/aromatic N) is 3. The minimum absolute atomic E-state index is 0.0609. The van der Waals surface area contributed by atoms with Crippen LogP contribution in [0.5, 0.6) is 0 Å². The predicted octanol–water partition coefficient (Wildman–Crippen LogP) is 0.421. The van der Waals surface area contributed by atoms with Crippen LogP contribution < -0.4 is 0 Å². The molecule has 0 aromatic heterocycles. The van der Waals surface area contributed by atoms with E-state index in [2.05, 4.69) is 4.99 Å². The Bertz CT molecular complexity index is 547. The van der Waals surface area contributed by atoms with Gasteiger partial charge >= 0.3 is 5.84 Å². The normalized spacial score (nSPS) is 17.0. The molecule has 114 valence electrons. The van der Waals surface area contributed by atoms with Crippen LogP contribution >= 0.6 is 0 Å². The number of benzene rings is 1. The van der Waals surface area contributed by atoms with Crippen molar-refractivity contribution in [2.75, 3.05) is 26.3 Å². The van der Waals surface area contributed by atoms with E-state index in [1.165, 1.54) is 0 Å². The lowest BCUT2D eigenvalue weighted by atomic mass is 10.0. The van der Waals surface area contributed by atoms with Crippen LogP contribution in [0.3, 0.4) is 0 Å². The Kier molecular flexibility index (Phi) is 4.59. The molecule has 2 rings (SSSR count). The molecule has 2 N–H and O–H groups in total. The molecule has 0 spiro atoms. The van der Waals surface area contributed by atoms with Gasteiger partial charge in [-0.25, -0.2) is 4.74 Å². The summed E-state index contributed by atoms with van der Waals surface area (Å²) in [7, 11) is 0. The molecule has 0 aliphatic carbocycles. The van der Waals surface area contributed by atoms with Crippen molar-refractivity contribution >= 4 is 11.7 Å². The molecule has 0 bridgehead atoms. The molecule has 1 aromatic rings. The van der Waals surface area contributed by atoms with E-state index in [4.69, 9.17) is 10.2 Å². The summed E-state index contributed by atoms with van der Waals surface area (Å²) >= 11 is 0. The van der Waals surface area contributed by atoms with E-state index in [0.29, 0.717) is 24.8 Å². The molecule has 1 aliphatic heterocycles. The SMILES string of the molecule is CC1(C)C(N(CCO)CCO)=NC(c2ccccc2)=[N+]1[O-]. The second-order valence-corrected chi connectivity index (χ2v) is 5.41. The average molecular weight is 291 g/mol. The average Bonchev–Trinajstić information content (AvgIpc) is 2.71. The fourth-order valence-corrected chi connectivity index (χ4v) is 2.43. The van der Waals surface area contributed by atoms with Crippen molar-refractivity contribution in [3.05, 3.63) is 41.1 Å². The highest BCUT2D eigenvalue weighted by atomic mass is 16.5. The van der Waals surface area contributed by atoms with Gasteiger partial charge in [0, 0.05) is 13.1 Å². The topological polar surface area (TPSA) is 82.1 Å². The maximum absolute atomic E-state index is 12.6. The van der Waals surface area contributed by atoms with Gasteiger partial charge in [0.15, 0.2) is 5.54 Å². The lowest BCUT2D eigenvalue weighted by Gasteiger charge is -2.30. The fraction of sp³-hybridized carbons (Fsp3) is 0.467. The smallest absolute Gasteiger partial charge is 0.331 e. The molecule has 0 amide bonds. The lowest BCUT2D eigenvalue weighted by Crippen LogP contribution is -2.49. The number of rotatable bonds is 5. The van der Waals surface area contributed by atoms with Crippen molar-refractivity contribution in [1.82, 2.24) is 4.90 Å². The predicted molar refractivity (Wildman–Crippen MR) is 81.4 cm³/mol. The zero-order chi connectivity index (χ0) is 15.5. The number of hydroxylamine groups is 1. The Morgan fingerprint density at radius 3 is 2.24 bits per heavy atom. The van der Waals surface area contributed by atoms with E-state index >= 15 is 0 Å². The number of amidine groups is 2. The van der Waals surface area contributed by atoms with Gasteiger partial charge in [-0.1, -0.05) is 18.2 Å². The summed E-state index contributed by atoms with van der Waals surface area (Å²) in [5.41, 5.74) is -0.0845. The van der Waals surface area contributed by atoms with Gasteiger partial charge in [-0.15, -0.1) is 0 Å². The van der Waals surface area contributed by atoms with Crippen LogP contribution in [0.25, 0.3) is 0 Å². The number of hydrogen-bond acceptors (Lipinski definition) is 5. The monoisotopic (exact) mass is 291 g/mol. The minimum atomic E-state index is -0.838. The van der Waals surface area contributed by atoms with Gasteiger partial charge in [0.1, 0.15) is 0 Å². The largest absolute Gasteiger partial charge is 0.714 e. The third-order valence-corrected chi connectivity index (χ3v) is 3.53. The number of hydrogen-bond donors (Lipinski definition) is 2. The highest BCUT2D eigenvalue weighted by Gasteiger charge is 2.45. The third kappa shape index (κ3) is 2.91. The Morgan fingerprint density at radius 1 is 1.14 bits per heavy atom. The molecule has 1 aliphatic rings. The summed E-state index contributed by atoms with van der Waals surface area (Å²) in [4.78, 5) is 6.23. The zero-order valence-corrected chi connectivity index (χ0v) is 12.4. The third-order valence-electron chi connectivity index (χ3n) is 3.53. The molecule has 21 heavy (non-hydrogen) atoms. The van der Waals surface area contributed by atoms with Gasteiger partial charge in [0.25, 0.3) is 5.84 Å². The summed E-state index contributed by atoms with van der Waals surface area (Å²) < 4.78 is 0.888. The molecular formula is C15H21N3O3. The first kappa shape index (κ1) is 15.5. The summed E-state index contributed by atoms with van der Waals surface area (Å²) in [6, 6.07) is 9.27. The molecule has 0 saturated heterocycles. The van der Waals surface area contributed by atoms with Crippen molar-refractivity contribution in [1.29, 1.82) is 0 Å². The summed E-state index contributed by atoms with van der Waals surface area (Å²) in [6.07, 6.45) is 0. The molecule has 0 fully saturated rings. The van der Waals surface area contributed by atoms with E-state index in [-0.39, 0.29) is 13.2 Å². The first-order chi connectivity index (χ1) is 10.0. The molecule has 1 aromatic carbocycles. The molecule has 6 heteroatoms. The van der Waals surface area contributed by atoms with Crippen LogP contribution in [-0.2, 0) is 0 Å². The minimum Gasteiger partial charge on any atom is -0.714 e. The van der Waals surface area contributed by atoms with Crippen molar-refractivity contribution in [2.24, 2.45) is 4.99 Å². The summed E-state index contributed by atoms with van der Waals surface area (Å²) in [6.45, 7) is 4.12. The number of aliphatic hydroxyl groups excluding tert-OH is 2. The molecule has 0 atom stereocenters. The molecule has 0 unspecified atom stereocenters. The highest BCUT2D eigenvalue weighted by molar-refractivity contribution is 6.09. The van der Waals surface area contributed by atoms with Crippen LogP contribution in [-0.4, -0.2) is 63.4 Å². The number of aliphatic hydroxyl groups is 2. The standard InChI is InChI=1S/C15H21N3O3/c1-15(2)14(17(8-10-19)9-11-20)16-13(18(15)21)12-6-4-3-5-7-12/h3-7,19-20H,8-11H2,1-2H3. The fourth-order valence-electron chi connectivity index (χ4n) is 2.43. The van der Waals surface area contributed by atoms with Crippen LogP contribution in [0.4, 0.5) is 0 Å². The Balaban J connectivity index is 2.41. The second-order valence-electron chi connectivity index (χ2n) is 5.41.